The summed E-state index contributed by atoms with van der Waals surface area (Å²) in [4.78, 5) is 14.7. The molecule has 3 heteroatoms. The van der Waals surface area contributed by atoms with Gasteiger partial charge in [0.2, 0.25) is 5.91 Å². The summed E-state index contributed by atoms with van der Waals surface area (Å²) in [7, 11) is 3.99. The molecule has 0 N–H and O–H groups in total. The van der Waals surface area contributed by atoms with Gasteiger partial charge in [0, 0.05) is 26.6 Å². The molecule has 0 bridgehead atoms. The minimum atomic E-state index is -0.460. The number of hydrogen-bond acceptors (Lipinski definition) is 2. The van der Waals surface area contributed by atoms with Crippen molar-refractivity contribution in [3.05, 3.63) is 71.8 Å². The fourth-order valence-corrected chi connectivity index (χ4v) is 10.8. The van der Waals surface area contributed by atoms with Crippen LogP contribution in [-0.2, 0) is 15.1 Å². The molecule has 1 unspecified atom stereocenters. The van der Waals surface area contributed by atoms with E-state index in [4.69, 9.17) is 4.74 Å². The predicted molar refractivity (Wildman–Crippen MR) is 154 cm³/mol. The summed E-state index contributed by atoms with van der Waals surface area (Å²) in [6, 6.07) is 22.4. The van der Waals surface area contributed by atoms with E-state index < -0.39 is 5.60 Å². The molecule has 3 nitrogen and oxygen atoms in total. The van der Waals surface area contributed by atoms with Gasteiger partial charge >= 0.3 is 0 Å². The summed E-state index contributed by atoms with van der Waals surface area (Å²) in [5, 5.41) is 0. The summed E-state index contributed by atoms with van der Waals surface area (Å²) in [5.74, 6) is 3.64. The van der Waals surface area contributed by atoms with Crippen LogP contribution in [0.4, 0.5) is 0 Å². The van der Waals surface area contributed by atoms with Gasteiger partial charge in [-0.15, -0.1) is 0 Å². The van der Waals surface area contributed by atoms with Crippen molar-refractivity contribution in [2.45, 2.75) is 83.8 Å². The van der Waals surface area contributed by atoms with Crippen molar-refractivity contribution in [1.82, 2.24) is 4.90 Å². The number of nitrogens with zero attached hydrogens (tertiary/aromatic N) is 1. The minimum Gasteiger partial charge on any atom is -0.368 e. The second-order valence-electron chi connectivity index (χ2n) is 13.7. The zero-order chi connectivity index (χ0) is 26.7. The van der Waals surface area contributed by atoms with Crippen LogP contribution in [-0.4, -0.2) is 31.0 Å². The van der Waals surface area contributed by atoms with Crippen LogP contribution in [0.25, 0.3) is 0 Å². The third-order valence-electron chi connectivity index (χ3n) is 12.6. The van der Waals surface area contributed by atoms with Crippen LogP contribution < -0.4 is 0 Å². The summed E-state index contributed by atoms with van der Waals surface area (Å²) in [6.07, 6.45) is 9.53. The highest BCUT2D eigenvalue weighted by molar-refractivity contribution is 5.77. The van der Waals surface area contributed by atoms with Crippen LogP contribution in [0.3, 0.4) is 0 Å². The Balaban J connectivity index is 1.35. The first kappa shape index (κ1) is 26.1. The number of methoxy groups -OCH3 is 1. The van der Waals surface area contributed by atoms with Gasteiger partial charge in [0.05, 0.1) is 0 Å². The average Bonchev–Trinajstić information content (AvgIpc) is 3.30. The highest BCUT2D eigenvalue weighted by Crippen LogP contribution is 2.68. The molecule has 3 saturated carbocycles. The van der Waals surface area contributed by atoms with Gasteiger partial charge in [0.15, 0.2) is 0 Å². The normalized spacial score (nSPS) is 37.8. The molecule has 1 amide bonds. The number of piperidine rings is 1. The summed E-state index contributed by atoms with van der Waals surface area (Å²) in [5.41, 5.74) is 2.68. The number of likely N-dealkylation sites (tertiary alicyclic amines) is 1. The molecule has 4 fully saturated rings. The first-order valence-corrected chi connectivity index (χ1v) is 15.2. The third kappa shape index (κ3) is 3.60. The van der Waals surface area contributed by atoms with E-state index >= 15 is 0 Å². The van der Waals surface area contributed by atoms with Gasteiger partial charge in [-0.2, -0.15) is 0 Å². The van der Waals surface area contributed by atoms with Crippen molar-refractivity contribution in [2.24, 2.45) is 40.4 Å². The largest absolute Gasteiger partial charge is 0.368 e. The Hall–Kier alpha value is -2.13. The molecule has 2 aromatic carbocycles. The maximum absolute atomic E-state index is 12.6. The number of carbonyl (C=O) groups is 1. The molecule has 0 spiro atoms. The average molecular weight is 514 g/mol. The zero-order valence-corrected chi connectivity index (χ0v) is 24.2. The Morgan fingerprint density at radius 3 is 2.05 bits per heavy atom. The molecule has 6 rings (SSSR count). The molecule has 1 heterocycles. The van der Waals surface area contributed by atoms with E-state index in [2.05, 4.69) is 93.4 Å². The summed E-state index contributed by atoms with van der Waals surface area (Å²) in [6.45, 7) is 7.66. The molecular formula is C35H47NO2. The van der Waals surface area contributed by atoms with Crippen molar-refractivity contribution in [3.8, 4) is 0 Å². The maximum atomic E-state index is 12.6. The van der Waals surface area contributed by atoms with Gasteiger partial charge < -0.3 is 9.64 Å². The SMILES string of the molecule is COC(c1ccccc1)(c1ccccc1)C(C)[C@H]1CC[C@H]2[C@@H]3CC[C@H]4N(C)C(=O)CC[C@]4(C)[C@H]3CC[C@]12C. The molecule has 1 saturated heterocycles. The zero-order valence-electron chi connectivity index (χ0n) is 24.2. The van der Waals surface area contributed by atoms with Crippen molar-refractivity contribution < 1.29 is 9.53 Å². The smallest absolute Gasteiger partial charge is 0.222 e. The number of carbonyl (C=O) groups excluding carboxylic acids is 1. The lowest BCUT2D eigenvalue weighted by Gasteiger charge is -2.62. The van der Waals surface area contributed by atoms with Crippen LogP contribution in [0.15, 0.2) is 60.7 Å². The molecule has 0 aromatic heterocycles. The fraction of sp³-hybridized carbons (Fsp3) is 0.629. The van der Waals surface area contributed by atoms with Gasteiger partial charge in [-0.05, 0) is 96.5 Å². The number of ether oxygens (including phenoxy) is 1. The van der Waals surface area contributed by atoms with Gasteiger partial charge in [0.1, 0.15) is 5.60 Å². The second-order valence-corrected chi connectivity index (χ2v) is 13.7. The number of hydrogen-bond donors (Lipinski definition) is 0. The highest BCUT2D eigenvalue weighted by atomic mass is 16.5. The van der Waals surface area contributed by atoms with Crippen molar-refractivity contribution in [3.63, 3.8) is 0 Å². The van der Waals surface area contributed by atoms with Crippen LogP contribution in [0.2, 0.25) is 0 Å². The quantitative estimate of drug-likeness (QED) is 0.410. The van der Waals surface area contributed by atoms with Gasteiger partial charge in [-0.25, -0.2) is 0 Å². The molecular weight excluding hydrogens is 466 g/mol. The van der Waals surface area contributed by atoms with Crippen molar-refractivity contribution in [1.29, 1.82) is 0 Å². The van der Waals surface area contributed by atoms with Crippen LogP contribution >= 0.6 is 0 Å². The Kier molecular flexibility index (Phi) is 6.53. The molecule has 1 aliphatic heterocycles. The van der Waals surface area contributed by atoms with Crippen molar-refractivity contribution >= 4 is 5.91 Å². The fourth-order valence-electron chi connectivity index (χ4n) is 10.8. The maximum Gasteiger partial charge on any atom is 0.222 e. The van der Waals surface area contributed by atoms with Crippen LogP contribution in [0.1, 0.15) is 83.3 Å². The van der Waals surface area contributed by atoms with E-state index in [0.717, 1.165) is 30.6 Å². The number of amides is 1. The minimum absolute atomic E-state index is 0.279. The Bertz CT molecular complexity index is 1110. The molecule has 4 aliphatic rings. The number of rotatable bonds is 5. The van der Waals surface area contributed by atoms with E-state index in [9.17, 15) is 4.79 Å². The van der Waals surface area contributed by atoms with Crippen LogP contribution in [0.5, 0.6) is 0 Å². The first-order chi connectivity index (χ1) is 18.3. The molecule has 204 valence electrons. The topological polar surface area (TPSA) is 29.5 Å². The monoisotopic (exact) mass is 513 g/mol. The Morgan fingerprint density at radius 1 is 0.842 bits per heavy atom. The number of fused-ring (bicyclic) bond motifs is 5. The number of benzene rings is 2. The molecule has 8 atom stereocenters. The lowest BCUT2D eigenvalue weighted by molar-refractivity contribution is -0.160. The van der Waals surface area contributed by atoms with E-state index in [1.54, 1.807) is 0 Å². The molecule has 38 heavy (non-hydrogen) atoms. The highest BCUT2D eigenvalue weighted by Gasteiger charge is 2.63. The lowest BCUT2D eigenvalue weighted by Crippen LogP contribution is -2.61. The van der Waals surface area contributed by atoms with Gasteiger partial charge in [-0.1, -0.05) is 81.4 Å². The Labute approximate surface area is 230 Å². The van der Waals surface area contributed by atoms with Crippen LogP contribution in [0, 0.1) is 40.4 Å². The standard InChI is InChI=1S/C35H47NO2/c1-24(35(38-5,25-12-8-6-9-13-25)26-14-10-7-11-15-26)28-17-18-29-27-16-19-31-34(3,23-21-32(37)36(31)4)30(27)20-22-33(28,29)2/h6-15,24,27-31H,16-23H2,1-5H3/t24?,27-,28+,29-,30-,31+,33+,34+/m0/s1. The van der Waals surface area contributed by atoms with Gasteiger partial charge in [0.25, 0.3) is 0 Å². The first-order valence-electron chi connectivity index (χ1n) is 15.2. The molecule has 2 aromatic rings. The Morgan fingerprint density at radius 2 is 1.45 bits per heavy atom. The second kappa shape index (κ2) is 9.51. The summed E-state index contributed by atoms with van der Waals surface area (Å²) < 4.78 is 6.69. The van der Waals surface area contributed by atoms with Gasteiger partial charge in [-0.3, -0.25) is 4.79 Å². The van der Waals surface area contributed by atoms with Crippen molar-refractivity contribution in [2.75, 3.05) is 14.2 Å². The predicted octanol–water partition coefficient (Wildman–Crippen LogP) is 7.69. The lowest BCUT2D eigenvalue weighted by atomic mass is 9.46. The van der Waals surface area contributed by atoms with E-state index in [1.165, 1.54) is 49.7 Å². The van der Waals surface area contributed by atoms with E-state index in [0.29, 0.717) is 29.2 Å². The molecule has 3 aliphatic carbocycles. The van der Waals surface area contributed by atoms with E-state index in [-0.39, 0.29) is 5.41 Å². The summed E-state index contributed by atoms with van der Waals surface area (Å²) >= 11 is 0. The van der Waals surface area contributed by atoms with E-state index in [1.807, 2.05) is 7.11 Å². The molecule has 0 radical (unpaired) electrons. The third-order valence-corrected chi connectivity index (χ3v) is 12.6.